The van der Waals surface area contributed by atoms with Crippen molar-refractivity contribution in [3.63, 3.8) is 0 Å². The lowest BCUT2D eigenvalue weighted by Crippen LogP contribution is -2.48. The summed E-state index contributed by atoms with van der Waals surface area (Å²) in [6, 6.07) is 10.8. The summed E-state index contributed by atoms with van der Waals surface area (Å²) in [5.41, 5.74) is 2.49. The van der Waals surface area contributed by atoms with Crippen molar-refractivity contribution >= 4 is 27.3 Å². The first-order chi connectivity index (χ1) is 15.6. The Morgan fingerprint density at radius 2 is 1.82 bits per heavy atom. The third-order valence-corrected chi connectivity index (χ3v) is 7.12. The van der Waals surface area contributed by atoms with Gasteiger partial charge < -0.3 is 5.32 Å². The largest absolute Gasteiger partial charge is 0.350 e. The Morgan fingerprint density at radius 1 is 1.18 bits per heavy atom. The average molecular weight is 475 g/mol. The van der Waals surface area contributed by atoms with Gasteiger partial charge in [-0.3, -0.25) is 24.1 Å². The van der Waals surface area contributed by atoms with Gasteiger partial charge >= 0.3 is 0 Å². The lowest BCUT2D eigenvalue weighted by Gasteiger charge is -2.29. The standard InChI is InChI=1S/C23H30N4O5S/c1-17-10-11-21(27(29)30)14-22(17)26(33(3,31)32)18(2)23(28)24-15-19-8-4-5-9-20(19)16-25-12-6-7-13-25/h4-5,8-11,14,18H,6-7,12-13,15-16H2,1-3H3,(H,24,28)/t18-/m1/s1. The molecule has 1 fully saturated rings. The van der Waals surface area contributed by atoms with Gasteiger partial charge in [0.2, 0.25) is 15.9 Å². The van der Waals surface area contributed by atoms with Crippen molar-refractivity contribution in [2.45, 2.75) is 45.8 Å². The predicted octanol–water partition coefficient (Wildman–Crippen LogP) is 2.97. The number of rotatable bonds is 9. The molecule has 1 N–H and O–H groups in total. The topological polar surface area (TPSA) is 113 Å². The van der Waals surface area contributed by atoms with Gasteiger partial charge in [0.15, 0.2) is 0 Å². The molecule has 0 bridgehead atoms. The quantitative estimate of drug-likeness (QED) is 0.442. The number of non-ortho nitro benzene ring substituents is 1. The van der Waals surface area contributed by atoms with E-state index in [1.165, 1.54) is 38.0 Å². The maximum atomic E-state index is 13.0. The van der Waals surface area contributed by atoms with E-state index in [2.05, 4.69) is 10.2 Å². The van der Waals surface area contributed by atoms with Crippen LogP contribution in [0.2, 0.25) is 0 Å². The number of nitrogens with zero attached hydrogens (tertiary/aromatic N) is 3. The molecule has 0 radical (unpaired) electrons. The molecular formula is C23H30N4O5S. The lowest BCUT2D eigenvalue weighted by molar-refractivity contribution is -0.384. The first-order valence-electron chi connectivity index (χ1n) is 10.9. The summed E-state index contributed by atoms with van der Waals surface area (Å²) in [4.78, 5) is 26.0. The highest BCUT2D eigenvalue weighted by Crippen LogP contribution is 2.29. The average Bonchev–Trinajstić information content (AvgIpc) is 3.26. The van der Waals surface area contributed by atoms with E-state index in [9.17, 15) is 23.3 Å². The van der Waals surface area contributed by atoms with Crippen LogP contribution in [0.5, 0.6) is 0 Å². The van der Waals surface area contributed by atoms with Crippen LogP contribution in [0.4, 0.5) is 11.4 Å². The Hall–Kier alpha value is -2.98. The molecule has 1 heterocycles. The zero-order chi connectivity index (χ0) is 24.2. The fraction of sp³-hybridized carbons (Fsp3) is 0.435. The molecule has 0 unspecified atom stereocenters. The molecule has 9 nitrogen and oxygen atoms in total. The van der Waals surface area contributed by atoms with Gasteiger partial charge in [-0.05, 0) is 56.5 Å². The number of likely N-dealkylation sites (tertiary alicyclic amines) is 1. The van der Waals surface area contributed by atoms with Crippen molar-refractivity contribution < 1.29 is 18.1 Å². The van der Waals surface area contributed by atoms with Crippen LogP contribution < -0.4 is 9.62 Å². The molecule has 1 atom stereocenters. The van der Waals surface area contributed by atoms with Crippen molar-refractivity contribution in [2.24, 2.45) is 0 Å². The van der Waals surface area contributed by atoms with Crippen molar-refractivity contribution in [2.75, 3.05) is 23.7 Å². The minimum Gasteiger partial charge on any atom is -0.350 e. The highest BCUT2D eigenvalue weighted by Gasteiger charge is 2.31. The number of anilines is 1. The Kier molecular flexibility index (Phi) is 7.70. The second-order valence-electron chi connectivity index (χ2n) is 8.43. The maximum absolute atomic E-state index is 13.0. The second kappa shape index (κ2) is 10.3. The number of hydrogen-bond donors (Lipinski definition) is 1. The molecule has 1 amide bonds. The van der Waals surface area contributed by atoms with Gasteiger partial charge in [-0.2, -0.15) is 0 Å². The van der Waals surface area contributed by atoms with Crippen LogP contribution in [0.3, 0.4) is 0 Å². The highest BCUT2D eigenvalue weighted by atomic mass is 32.2. The van der Waals surface area contributed by atoms with E-state index in [1.54, 1.807) is 6.92 Å². The molecule has 2 aromatic carbocycles. The predicted molar refractivity (Wildman–Crippen MR) is 127 cm³/mol. The Balaban J connectivity index is 1.79. The number of aryl methyl sites for hydroxylation is 1. The zero-order valence-corrected chi connectivity index (χ0v) is 20.0. The second-order valence-corrected chi connectivity index (χ2v) is 10.3. The molecule has 1 saturated heterocycles. The van der Waals surface area contributed by atoms with Crippen LogP contribution >= 0.6 is 0 Å². The Labute approximate surface area is 194 Å². The minimum atomic E-state index is -3.89. The van der Waals surface area contributed by atoms with E-state index >= 15 is 0 Å². The molecule has 0 aliphatic carbocycles. The monoisotopic (exact) mass is 474 g/mol. The van der Waals surface area contributed by atoms with Crippen LogP contribution in [-0.4, -0.2) is 49.5 Å². The third kappa shape index (κ3) is 6.08. The number of hydrogen-bond acceptors (Lipinski definition) is 6. The summed E-state index contributed by atoms with van der Waals surface area (Å²) in [5.74, 6) is -0.484. The number of amides is 1. The molecule has 1 aliphatic rings. The molecule has 1 aliphatic heterocycles. The van der Waals surface area contributed by atoms with Crippen LogP contribution in [0.25, 0.3) is 0 Å². The molecule has 33 heavy (non-hydrogen) atoms. The fourth-order valence-corrected chi connectivity index (χ4v) is 5.35. The molecule has 0 aromatic heterocycles. The molecule has 10 heteroatoms. The summed E-state index contributed by atoms with van der Waals surface area (Å²) in [5, 5.41) is 14.1. The maximum Gasteiger partial charge on any atom is 0.271 e. The van der Waals surface area contributed by atoms with Gasteiger partial charge in [0.1, 0.15) is 6.04 Å². The van der Waals surface area contributed by atoms with E-state index in [0.29, 0.717) is 5.56 Å². The first-order valence-corrected chi connectivity index (χ1v) is 12.7. The Morgan fingerprint density at radius 3 is 2.42 bits per heavy atom. The zero-order valence-electron chi connectivity index (χ0n) is 19.2. The van der Waals surface area contributed by atoms with Gasteiger partial charge in [-0.25, -0.2) is 8.42 Å². The lowest BCUT2D eigenvalue weighted by atomic mass is 10.1. The number of nitro benzene ring substituents is 1. The normalized spacial score (nSPS) is 15.2. The summed E-state index contributed by atoms with van der Waals surface area (Å²) < 4.78 is 26.2. The van der Waals surface area contributed by atoms with Crippen LogP contribution in [0, 0.1) is 17.0 Å². The highest BCUT2D eigenvalue weighted by molar-refractivity contribution is 7.92. The number of carbonyl (C=O) groups excluding carboxylic acids is 1. The van der Waals surface area contributed by atoms with Crippen LogP contribution in [-0.2, 0) is 27.9 Å². The number of nitro groups is 1. The summed E-state index contributed by atoms with van der Waals surface area (Å²) >= 11 is 0. The number of benzene rings is 2. The number of sulfonamides is 1. The molecule has 2 aromatic rings. The van der Waals surface area contributed by atoms with Gasteiger partial charge in [-0.1, -0.05) is 30.3 Å². The SMILES string of the molecule is Cc1ccc([N+](=O)[O-])cc1N([C@H](C)C(=O)NCc1ccccc1CN1CCCC1)S(C)(=O)=O. The van der Waals surface area contributed by atoms with Crippen molar-refractivity contribution in [1.82, 2.24) is 10.2 Å². The smallest absolute Gasteiger partial charge is 0.271 e. The van der Waals surface area contributed by atoms with Gasteiger partial charge in [0.25, 0.3) is 5.69 Å². The van der Waals surface area contributed by atoms with Crippen LogP contribution in [0.1, 0.15) is 36.5 Å². The van der Waals surface area contributed by atoms with E-state index in [4.69, 9.17) is 0 Å². The summed E-state index contributed by atoms with van der Waals surface area (Å²) in [6.07, 6.45) is 3.37. The van der Waals surface area contributed by atoms with Crippen molar-refractivity contribution in [1.29, 1.82) is 0 Å². The van der Waals surface area contributed by atoms with E-state index < -0.39 is 26.9 Å². The van der Waals surface area contributed by atoms with E-state index in [-0.39, 0.29) is 17.9 Å². The van der Waals surface area contributed by atoms with E-state index in [0.717, 1.165) is 41.3 Å². The first kappa shape index (κ1) is 24.7. The fourth-order valence-electron chi connectivity index (χ4n) is 4.13. The van der Waals surface area contributed by atoms with E-state index in [1.807, 2.05) is 24.3 Å². The third-order valence-electron chi connectivity index (χ3n) is 5.89. The van der Waals surface area contributed by atoms with Gasteiger partial charge in [-0.15, -0.1) is 0 Å². The summed E-state index contributed by atoms with van der Waals surface area (Å²) in [6.45, 7) is 6.32. The van der Waals surface area contributed by atoms with Gasteiger partial charge in [0, 0.05) is 25.2 Å². The van der Waals surface area contributed by atoms with Crippen molar-refractivity contribution in [3.8, 4) is 0 Å². The molecule has 178 valence electrons. The number of carbonyl (C=O) groups is 1. The van der Waals surface area contributed by atoms with Gasteiger partial charge in [0.05, 0.1) is 16.9 Å². The minimum absolute atomic E-state index is 0.115. The molecular weight excluding hydrogens is 444 g/mol. The number of nitrogens with one attached hydrogen (secondary N) is 1. The molecule has 3 rings (SSSR count). The molecule has 0 saturated carbocycles. The van der Waals surface area contributed by atoms with Crippen molar-refractivity contribution in [3.05, 3.63) is 69.3 Å². The van der Waals surface area contributed by atoms with Crippen LogP contribution in [0.15, 0.2) is 42.5 Å². The summed E-state index contributed by atoms with van der Waals surface area (Å²) in [7, 11) is -3.89. The Bertz CT molecular complexity index is 1130. The molecule has 0 spiro atoms.